The summed E-state index contributed by atoms with van der Waals surface area (Å²) in [4.78, 5) is 11.1. The summed E-state index contributed by atoms with van der Waals surface area (Å²) in [6.07, 6.45) is 26.0. The fraction of sp³-hybridized carbons (Fsp3) is 0.800. The largest absolute Gasteiger partial charge is 0.481 e. The SMILES string of the molecule is CCCCC/C=C\C/C=C\CCCCCCCC(CC(=O)O)OC1CCCCO1. The fourth-order valence-corrected chi connectivity index (χ4v) is 3.63. The molecule has 0 spiro atoms. The van der Waals surface area contributed by atoms with Gasteiger partial charge in [-0.25, -0.2) is 0 Å². The van der Waals surface area contributed by atoms with Gasteiger partial charge in [0.2, 0.25) is 0 Å². The maximum absolute atomic E-state index is 11.1. The molecule has 0 aromatic carbocycles. The molecule has 1 aliphatic rings. The zero-order valence-electron chi connectivity index (χ0n) is 18.7. The second-order valence-corrected chi connectivity index (χ2v) is 8.17. The first kappa shape index (κ1) is 25.9. The van der Waals surface area contributed by atoms with Crippen LogP contribution in [0.25, 0.3) is 0 Å². The topological polar surface area (TPSA) is 55.8 Å². The minimum Gasteiger partial charge on any atom is -0.481 e. The minimum absolute atomic E-state index is 0.0811. The molecule has 0 aromatic rings. The molecule has 2 unspecified atom stereocenters. The fourth-order valence-electron chi connectivity index (χ4n) is 3.63. The molecular weight excluding hydrogens is 364 g/mol. The van der Waals surface area contributed by atoms with Crippen LogP contribution in [0.15, 0.2) is 24.3 Å². The van der Waals surface area contributed by atoms with Crippen LogP contribution in [0, 0.1) is 0 Å². The van der Waals surface area contributed by atoms with Crippen molar-refractivity contribution in [1.29, 1.82) is 0 Å². The predicted molar refractivity (Wildman–Crippen MR) is 120 cm³/mol. The van der Waals surface area contributed by atoms with Gasteiger partial charge in [-0.1, -0.05) is 69.8 Å². The van der Waals surface area contributed by atoms with Crippen molar-refractivity contribution < 1.29 is 19.4 Å². The molecule has 0 bridgehead atoms. The lowest BCUT2D eigenvalue weighted by Crippen LogP contribution is -2.29. The van der Waals surface area contributed by atoms with Crippen molar-refractivity contribution in [3.8, 4) is 0 Å². The summed E-state index contributed by atoms with van der Waals surface area (Å²) in [5, 5.41) is 9.11. The minimum atomic E-state index is -0.784. The lowest BCUT2D eigenvalue weighted by molar-refractivity contribution is -0.193. The first-order valence-corrected chi connectivity index (χ1v) is 12.0. The van der Waals surface area contributed by atoms with Crippen molar-refractivity contribution in [2.24, 2.45) is 0 Å². The standard InChI is InChI=1S/C25H44O4/c1-2-3-4-5-6-7-8-9-10-11-12-13-14-15-16-19-23(22-24(26)27)29-25-20-17-18-21-28-25/h6-7,9-10,23,25H,2-5,8,11-22H2,1H3,(H,26,27)/b7-6-,10-9-. The highest BCUT2D eigenvalue weighted by Gasteiger charge is 2.21. The van der Waals surface area contributed by atoms with E-state index in [0.29, 0.717) is 0 Å². The Balaban J connectivity index is 1.99. The van der Waals surface area contributed by atoms with E-state index in [1.807, 2.05) is 0 Å². The Morgan fingerprint density at radius 1 is 1.00 bits per heavy atom. The third-order valence-corrected chi connectivity index (χ3v) is 5.36. The summed E-state index contributed by atoms with van der Waals surface area (Å²) >= 11 is 0. The van der Waals surface area contributed by atoms with Gasteiger partial charge >= 0.3 is 5.97 Å². The number of carboxylic acid groups (broad SMARTS) is 1. The molecule has 1 N–H and O–H groups in total. The third kappa shape index (κ3) is 16.4. The highest BCUT2D eigenvalue weighted by Crippen LogP contribution is 2.20. The maximum atomic E-state index is 11.1. The van der Waals surface area contributed by atoms with Crippen LogP contribution in [-0.4, -0.2) is 30.1 Å². The van der Waals surface area contributed by atoms with Crippen LogP contribution in [0.5, 0.6) is 0 Å². The van der Waals surface area contributed by atoms with Gasteiger partial charge < -0.3 is 14.6 Å². The number of allylic oxidation sites excluding steroid dienone is 4. The van der Waals surface area contributed by atoms with Crippen LogP contribution in [-0.2, 0) is 14.3 Å². The maximum Gasteiger partial charge on any atom is 0.305 e. The summed E-state index contributed by atoms with van der Waals surface area (Å²) in [6, 6.07) is 0. The molecule has 1 saturated heterocycles. The number of ether oxygens (including phenoxy) is 2. The molecule has 1 fully saturated rings. The Morgan fingerprint density at radius 3 is 2.34 bits per heavy atom. The van der Waals surface area contributed by atoms with E-state index in [9.17, 15) is 4.79 Å². The molecule has 1 rings (SSSR count). The smallest absolute Gasteiger partial charge is 0.305 e. The lowest BCUT2D eigenvalue weighted by Gasteiger charge is -2.27. The van der Waals surface area contributed by atoms with Gasteiger partial charge in [-0.3, -0.25) is 4.79 Å². The van der Waals surface area contributed by atoms with Crippen LogP contribution in [0.2, 0.25) is 0 Å². The number of hydrogen-bond acceptors (Lipinski definition) is 3. The lowest BCUT2D eigenvalue weighted by atomic mass is 10.0. The summed E-state index contributed by atoms with van der Waals surface area (Å²) in [5.74, 6) is -0.784. The van der Waals surface area contributed by atoms with Crippen molar-refractivity contribution in [3.05, 3.63) is 24.3 Å². The number of carboxylic acids is 1. The third-order valence-electron chi connectivity index (χ3n) is 5.36. The zero-order valence-corrected chi connectivity index (χ0v) is 18.7. The predicted octanol–water partition coefficient (Wildman–Crippen LogP) is 7.19. The second kappa shape index (κ2) is 18.9. The van der Waals surface area contributed by atoms with Crippen LogP contribution < -0.4 is 0 Å². The summed E-state index contributed by atoms with van der Waals surface area (Å²) in [6.45, 7) is 2.97. The van der Waals surface area contributed by atoms with Crippen molar-refractivity contribution >= 4 is 5.97 Å². The number of carbonyl (C=O) groups is 1. The van der Waals surface area contributed by atoms with Gasteiger partial charge in [-0.2, -0.15) is 0 Å². The van der Waals surface area contributed by atoms with E-state index >= 15 is 0 Å². The average Bonchev–Trinajstić information content (AvgIpc) is 2.71. The second-order valence-electron chi connectivity index (χ2n) is 8.17. The van der Waals surface area contributed by atoms with Gasteiger partial charge in [0.1, 0.15) is 0 Å². The number of rotatable bonds is 18. The Kier molecular flexibility index (Phi) is 16.9. The Hall–Kier alpha value is -1.13. The molecule has 0 aromatic heterocycles. The molecule has 0 radical (unpaired) electrons. The number of aliphatic carboxylic acids is 1. The van der Waals surface area contributed by atoms with E-state index in [2.05, 4.69) is 31.2 Å². The van der Waals surface area contributed by atoms with Crippen LogP contribution >= 0.6 is 0 Å². The first-order chi connectivity index (χ1) is 14.2. The molecule has 1 aliphatic heterocycles. The van der Waals surface area contributed by atoms with Crippen molar-refractivity contribution in [2.45, 2.75) is 122 Å². The number of unbranched alkanes of at least 4 members (excludes halogenated alkanes) is 8. The highest BCUT2D eigenvalue weighted by atomic mass is 16.7. The molecule has 2 atom stereocenters. The molecule has 4 heteroatoms. The van der Waals surface area contributed by atoms with Crippen LogP contribution in [0.1, 0.15) is 110 Å². The van der Waals surface area contributed by atoms with Gasteiger partial charge in [0, 0.05) is 6.61 Å². The summed E-state index contributed by atoms with van der Waals surface area (Å²) in [5.41, 5.74) is 0. The summed E-state index contributed by atoms with van der Waals surface area (Å²) in [7, 11) is 0. The molecule has 1 heterocycles. The van der Waals surface area contributed by atoms with Gasteiger partial charge in [0.05, 0.1) is 12.5 Å². The molecule has 168 valence electrons. The van der Waals surface area contributed by atoms with Crippen LogP contribution in [0.3, 0.4) is 0 Å². The van der Waals surface area contributed by atoms with E-state index in [1.165, 1.54) is 44.9 Å². The Morgan fingerprint density at radius 2 is 1.69 bits per heavy atom. The molecule has 0 saturated carbocycles. The first-order valence-electron chi connectivity index (χ1n) is 12.0. The van der Waals surface area contributed by atoms with E-state index < -0.39 is 5.97 Å². The van der Waals surface area contributed by atoms with Gasteiger partial charge in [-0.15, -0.1) is 0 Å². The number of hydrogen-bond donors (Lipinski definition) is 1. The van der Waals surface area contributed by atoms with E-state index in [-0.39, 0.29) is 18.8 Å². The molecule has 0 aliphatic carbocycles. The highest BCUT2D eigenvalue weighted by molar-refractivity contribution is 5.67. The quantitative estimate of drug-likeness (QED) is 0.193. The van der Waals surface area contributed by atoms with E-state index in [0.717, 1.165) is 58.0 Å². The van der Waals surface area contributed by atoms with Crippen LogP contribution in [0.4, 0.5) is 0 Å². The van der Waals surface area contributed by atoms with E-state index in [4.69, 9.17) is 14.6 Å². The van der Waals surface area contributed by atoms with Gasteiger partial charge in [0.25, 0.3) is 0 Å². The summed E-state index contributed by atoms with van der Waals surface area (Å²) < 4.78 is 11.5. The van der Waals surface area contributed by atoms with E-state index in [1.54, 1.807) is 0 Å². The Bertz CT molecular complexity index is 438. The monoisotopic (exact) mass is 408 g/mol. The van der Waals surface area contributed by atoms with Gasteiger partial charge in [0.15, 0.2) is 6.29 Å². The molecule has 0 amide bonds. The van der Waals surface area contributed by atoms with Crippen molar-refractivity contribution in [1.82, 2.24) is 0 Å². The average molecular weight is 409 g/mol. The van der Waals surface area contributed by atoms with Crippen molar-refractivity contribution in [3.63, 3.8) is 0 Å². The molecular formula is C25H44O4. The molecule has 29 heavy (non-hydrogen) atoms. The normalized spacial score (nSPS) is 18.6. The van der Waals surface area contributed by atoms with Gasteiger partial charge in [-0.05, 0) is 57.8 Å². The molecule has 4 nitrogen and oxygen atoms in total. The Labute approximate surface area is 178 Å². The van der Waals surface area contributed by atoms with Crippen molar-refractivity contribution in [2.75, 3.05) is 6.61 Å². The zero-order chi connectivity index (χ0) is 21.0.